The minimum absolute atomic E-state index is 0.691. The molecule has 106 valence electrons. The van der Waals surface area contributed by atoms with Crippen molar-refractivity contribution in [3.05, 3.63) is 30.3 Å². The number of aliphatic hydroxyl groups is 5. The first kappa shape index (κ1) is 15.5. The lowest BCUT2D eigenvalue weighted by atomic mass is 10.0. The molecule has 0 aliphatic rings. The summed E-state index contributed by atoms with van der Waals surface area (Å²) in [4.78, 5) is 0. The van der Waals surface area contributed by atoms with Gasteiger partial charge >= 0.3 is 0 Å². The van der Waals surface area contributed by atoms with Crippen LogP contribution in [0.25, 0.3) is 0 Å². The van der Waals surface area contributed by atoms with Gasteiger partial charge in [-0.1, -0.05) is 18.2 Å². The molecule has 0 aliphatic carbocycles. The Morgan fingerprint density at radius 2 is 1.68 bits per heavy atom. The van der Waals surface area contributed by atoms with Crippen LogP contribution in [-0.4, -0.2) is 62.8 Å². The molecule has 0 saturated heterocycles. The molecule has 7 nitrogen and oxygen atoms in total. The molecule has 0 heterocycles. The van der Waals surface area contributed by atoms with Crippen molar-refractivity contribution < 1.29 is 25.5 Å². The Morgan fingerprint density at radius 3 is 2.26 bits per heavy atom. The van der Waals surface area contributed by atoms with Crippen molar-refractivity contribution in [1.82, 2.24) is 0 Å². The number of aliphatic hydroxyl groups excluding tert-OH is 5. The molecule has 0 saturated carbocycles. The largest absolute Gasteiger partial charge is 0.394 e. The van der Waals surface area contributed by atoms with E-state index in [4.69, 9.17) is 10.2 Å². The second-order valence-corrected chi connectivity index (χ2v) is 3.98. The van der Waals surface area contributed by atoms with Crippen molar-refractivity contribution in [2.24, 2.45) is 5.10 Å². The first-order chi connectivity index (χ1) is 9.06. The fourth-order valence-corrected chi connectivity index (χ4v) is 1.33. The normalized spacial score (nSPS) is 17.9. The van der Waals surface area contributed by atoms with Crippen LogP contribution >= 0.6 is 0 Å². The highest BCUT2D eigenvalue weighted by atomic mass is 16.4. The smallest absolute Gasteiger partial charge is 0.119 e. The molecular formula is C12H18N2O5. The molecule has 0 aliphatic heterocycles. The van der Waals surface area contributed by atoms with Gasteiger partial charge in [0.05, 0.1) is 18.5 Å². The van der Waals surface area contributed by atoms with E-state index in [1.54, 1.807) is 24.3 Å². The van der Waals surface area contributed by atoms with E-state index >= 15 is 0 Å². The van der Waals surface area contributed by atoms with Crippen molar-refractivity contribution in [3.8, 4) is 0 Å². The van der Waals surface area contributed by atoms with Gasteiger partial charge in [-0.2, -0.15) is 5.10 Å². The fraction of sp³-hybridized carbons (Fsp3) is 0.417. The predicted molar refractivity (Wildman–Crippen MR) is 69.7 cm³/mol. The van der Waals surface area contributed by atoms with Crippen LogP contribution in [0.3, 0.4) is 0 Å². The summed E-state index contributed by atoms with van der Waals surface area (Å²) in [7, 11) is 0. The van der Waals surface area contributed by atoms with E-state index in [1.165, 1.54) is 0 Å². The van der Waals surface area contributed by atoms with Gasteiger partial charge in [-0.05, 0) is 12.1 Å². The van der Waals surface area contributed by atoms with E-state index in [1.807, 2.05) is 6.07 Å². The average molecular weight is 270 g/mol. The molecule has 0 fully saturated rings. The SMILES string of the molecule is OC[C@@H](O)[C@@H](O)[C@H](O)[C@@H](O)C=NNc1ccccc1. The lowest BCUT2D eigenvalue weighted by Crippen LogP contribution is -2.46. The van der Waals surface area contributed by atoms with E-state index in [0.717, 1.165) is 6.21 Å². The maximum Gasteiger partial charge on any atom is 0.119 e. The Bertz CT molecular complexity index is 387. The molecular weight excluding hydrogens is 252 g/mol. The molecule has 0 aromatic heterocycles. The summed E-state index contributed by atoms with van der Waals surface area (Å²) < 4.78 is 0. The maximum absolute atomic E-state index is 9.52. The lowest BCUT2D eigenvalue weighted by Gasteiger charge is -2.23. The quantitative estimate of drug-likeness (QED) is 0.265. The van der Waals surface area contributed by atoms with E-state index in [0.29, 0.717) is 5.69 Å². The van der Waals surface area contributed by atoms with Crippen molar-refractivity contribution >= 4 is 11.9 Å². The van der Waals surface area contributed by atoms with Gasteiger partial charge in [0.2, 0.25) is 0 Å². The molecule has 19 heavy (non-hydrogen) atoms. The fourth-order valence-electron chi connectivity index (χ4n) is 1.33. The van der Waals surface area contributed by atoms with E-state index in [-0.39, 0.29) is 0 Å². The second kappa shape index (κ2) is 7.82. The van der Waals surface area contributed by atoms with Crippen LogP contribution in [0, 0.1) is 0 Å². The molecule has 0 spiro atoms. The van der Waals surface area contributed by atoms with Crippen LogP contribution in [0.1, 0.15) is 0 Å². The van der Waals surface area contributed by atoms with Crippen LogP contribution in [0.5, 0.6) is 0 Å². The number of hydrazone groups is 1. The first-order valence-electron chi connectivity index (χ1n) is 5.73. The van der Waals surface area contributed by atoms with Crippen molar-refractivity contribution in [1.29, 1.82) is 0 Å². The molecule has 0 bridgehead atoms. The molecule has 1 aromatic rings. The molecule has 4 atom stereocenters. The third-order valence-electron chi connectivity index (χ3n) is 2.48. The van der Waals surface area contributed by atoms with Crippen LogP contribution < -0.4 is 5.43 Å². The number of hydrogen-bond donors (Lipinski definition) is 6. The lowest BCUT2D eigenvalue weighted by molar-refractivity contribution is -0.0999. The number of anilines is 1. The van der Waals surface area contributed by atoms with Gasteiger partial charge in [0.1, 0.15) is 24.4 Å². The van der Waals surface area contributed by atoms with Gasteiger partial charge in [-0.3, -0.25) is 5.43 Å². The predicted octanol–water partition coefficient (Wildman–Crippen LogP) is -1.48. The Morgan fingerprint density at radius 1 is 1.05 bits per heavy atom. The summed E-state index contributed by atoms with van der Waals surface area (Å²) in [6.07, 6.45) is -5.33. The standard InChI is InChI=1S/C12H18N2O5/c15-7-10(17)12(19)11(18)9(16)6-13-14-8-4-2-1-3-5-8/h1-6,9-12,14-19H,7H2/t9-,10+,11+,12+/m0/s1. The molecule has 1 rings (SSSR count). The number of para-hydroxylation sites is 1. The van der Waals surface area contributed by atoms with Gasteiger partial charge in [0.15, 0.2) is 0 Å². The zero-order valence-corrected chi connectivity index (χ0v) is 10.2. The molecule has 0 radical (unpaired) electrons. The Balaban J connectivity index is 2.47. The van der Waals surface area contributed by atoms with Crippen LogP contribution in [0.2, 0.25) is 0 Å². The Hall–Kier alpha value is -1.51. The number of benzene rings is 1. The molecule has 7 heteroatoms. The number of rotatable bonds is 7. The molecule has 1 aromatic carbocycles. The highest BCUT2D eigenvalue weighted by Crippen LogP contribution is 2.06. The Labute approximate surface area is 110 Å². The van der Waals surface area contributed by atoms with Crippen LogP contribution in [0.4, 0.5) is 5.69 Å². The highest BCUT2D eigenvalue weighted by Gasteiger charge is 2.29. The highest BCUT2D eigenvalue weighted by molar-refractivity contribution is 5.65. The first-order valence-corrected chi connectivity index (χ1v) is 5.73. The van der Waals surface area contributed by atoms with Gasteiger partial charge < -0.3 is 25.5 Å². The average Bonchev–Trinajstić information content (AvgIpc) is 2.45. The Kier molecular flexibility index (Phi) is 6.40. The van der Waals surface area contributed by atoms with Gasteiger partial charge in [0, 0.05) is 0 Å². The maximum atomic E-state index is 9.52. The van der Waals surface area contributed by atoms with Gasteiger partial charge in [-0.15, -0.1) is 0 Å². The van der Waals surface area contributed by atoms with Crippen LogP contribution in [0.15, 0.2) is 35.4 Å². The molecule has 6 N–H and O–H groups in total. The summed E-state index contributed by atoms with van der Waals surface area (Å²) in [5, 5.41) is 49.8. The summed E-state index contributed by atoms with van der Waals surface area (Å²) in [6, 6.07) is 8.93. The minimum atomic E-state index is -1.66. The summed E-state index contributed by atoms with van der Waals surface area (Å²) in [5.41, 5.74) is 3.31. The van der Waals surface area contributed by atoms with Crippen molar-refractivity contribution in [2.75, 3.05) is 12.0 Å². The number of hydrogen-bond acceptors (Lipinski definition) is 7. The number of nitrogens with one attached hydrogen (secondary N) is 1. The summed E-state index contributed by atoms with van der Waals surface area (Å²) in [6.45, 7) is -0.718. The van der Waals surface area contributed by atoms with E-state index < -0.39 is 31.0 Å². The monoisotopic (exact) mass is 270 g/mol. The molecule has 0 unspecified atom stereocenters. The minimum Gasteiger partial charge on any atom is -0.394 e. The summed E-state index contributed by atoms with van der Waals surface area (Å²) >= 11 is 0. The zero-order valence-electron chi connectivity index (χ0n) is 10.2. The van der Waals surface area contributed by atoms with E-state index in [9.17, 15) is 15.3 Å². The van der Waals surface area contributed by atoms with Gasteiger partial charge in [0.25, 0.3) is 0 Å². The van der Waals surface area contributed by atoms with Crippen molar-refractivity contribution in [3.63, 3.8) is 0 Å². The van der Waals surface area contributed by atoms with Crippen LogP contribution in [-0.2, 0) is 0 Å². The van der Waals surface area contributed by atoms with E-state index in [2.05, 4.69) is 10.5 Å². The third kappa shape index (κ3) is 4.93. The number of nitrogens with zero attached hydrogens (tertiary/aromatic N) is 1. The van der Waals surface area contributed by atoms with Gasteiger partial charge in [-0.25, -0.2) is 0 Å². The third-order valence-corrected chi connectivity index (χ3v) is 2.48. The molecule has 0 amide bonds. The summed E-state index contributed by atoms with van der Waals surface area (Å²) in [5.74, 6) is 0. The zero-order chi connectivity index (χ0) is 14.3. The van der Waals surface area contributed by atoms with Crippen molar-refractivity contribution in [2.45, 2.75) is 24.4 Å². The topological polar surface area (TPSA) is 126 Å². The second-order valence-electron chi connectivity index (χ2n) is 3.98.